The van der Waals surface area contributed by atoms with Crippen molar-refractivity contribution >= 4 is 34.8 Å². The number of carbonyl (C=O) groups excluding carboxylic acids is 1. The van der Waals surface area contributed by atoms with Crippen LogP contribution in [0.15, 0.2) is 42.5 Å². The molecule has 0 radical (unpaired) electrons. The van der Waals surface area contributed by atoms with Gasteiger partial charge in [0.15, 0.2) is 4.77 Å². The van der Waals surface area contributed by atoms with Gasteiger partial charge in [-0.25, -0.2) is 0 Å². The molecule has 0 aliphatic carbocycles. The number of nitrogens with one attached hydrogen (secondary N) is 1. The molecule has 2 heterocycles. The standard InChI is InChI=1S/C23H29N5OS/c1-17-7-6-8-19(18(17)2)24-22(29)15-26-11-13-27(14-12-26)16-28-21-10-5-4-9-20(21)25(3)23(28)30/h4-10H,11-16H2,1-3H3,(H,24,29). The molecule has 3 aromatic rings. The summed E-state index contributed by atoms with van der Waals surface area (Å²) in [6, 6.07) is 14.3. The van der Waals surface area contributed by atoms with Crippen LogP contribution < -0.4 is 5.32 Å². The van der Waals surface area contributed by atoms with Crippen LogP contribution in [0.2, 0.25) is 0 Å². The number of imidazole rings is 1. The van der Waals surface area contributed by atoms with Gasteiger partial charge in [-0.2, -0.15) is 0 Å². The maximum atomic E-state index is 12.5. The summed E-state index contributed by atoms with van der Waals surface area (Å²) in [5.41, 5.74) is 5.55. The minimum absolute atomic E-state index is 0.0495. The van der Waals surface area contributed by atoms with E-state index in [1.165, 1.54) is 11.1 Å². The fraction of sp³-hybridized carbons (Fsp3) is 0.391. The number of aromatic nitrogens is 2. The van der Waals surface area contributed by atoms with Gasteiger partial charge in [0.25, 0.3) is 0 Å². The predicted octanol–water partition coefficient (Wildman–Crippen LogP) is 3.54. The van der Waals surface area contributed by atoms with E-state index < -0.39 is 0 Å². The van der Waals surface area contributed by atoms with Crippen LogP contribution in [0, 0.1) is 18.6 Å². The van der Waals surface area contributed by atoms with Crippen LogP contribution in [0.4, 0.5) is 5.69 Å². The molecule has 158 valence electrons. The minimum Gasteiger partial charge on any atom is -0.325 e. The average molecular weight is 424 g/mol. The molecule has 1 aliphatic rings. The largest absolute Gasteiger partial charge is 0.325 e. The van der Waals surface area contributed by atoms with Crippen molar-refractivity contribution < 1.29 is 4.79 Å². The molecular weight excluding hydrogens is 394 g/mol. The third-order valence-corrected chi connectivity index (χ3v) is 6.60. The first-order valence-electron chi connectivity index (χ1n) is 10.4. The van der Waals surface area contributed by atoms with Gasteiger partial charge in [-0.3, -0.25) is 14.6 Å². The molecule has 1 saturated heterocycles. The Morgan fingerprint density at radius 1 is 0.967 bits per heavy atom. The molecule has 30 heavy (non-hydrogen) atoms. The molecule has 1 N–H and O–H groups in total. The number of para-hydroxylation sites is 2. The number of anilines is 1. The lowest BCUT2D eigenvalue weighted by atomic mass is 10.1. The smallest absolute Gasteiger partial charge is 0.238 e. The topological polar surface area (TPSA) is 45.4 Å². The normalized spacial score (nSPS) is 15.6. The van der Waals surface area contributed by atoms with Gasteiger partial charge in [-0.15, -0.1) is 0 Å². The van der Waals surface area contributed by atoms with E-state index in [0.717, 1.165) is 54.4 Å². The van der Waals surface area contributed by atoms with E-state index in [1.807, 2.05) is 32.2 Å². The zero-order valence-electron chi connectivity index (χ0n) is 17.9. The fourth-order valence-electron chi connectivity index (χ4n) is 4.07. The highest BCUT2D eigenvalue weighted by molar-refractivity contribution is 7.71. The van der Waals surface area contributed by atoms with Crippen molar-refractivity contribution in [2.75, 3.05) is 38.0 Å². The molecule has 1 aliphatic heterocycles. The molecule has 1 amide bonds. The van der Waals surface area contributed by atoms with Crippen molar-refractivity contribution in [3.63, 3.8) is 0 Å². The quantitative estimate of drug-likeness (QED) is 0.638. The average Bonchev–Trinajstić information content (AvgIpc) is 2.98. The molecule has 4 rings (SSSR count). The van der Waals surface area contributed by atoms with Crippen LogP contribution in [-0.4, -0.2) is 57.6 Å². The number of fused-ring (bicyclic) bond motifs is 1. The number of rotatable bonds is 5. The van der Waals surface area contributed by atoms with Crippen LogP contribution in [0.3, 0.4) is 0 Å². The molecule has 0 spiro atoms. The molecular formula is C23H29N5OS. The van der Waals surface area contributed by atoms with Crippen molar-refractivity contribution in [2.45, 2.75) is 20.5 Å². The summed E-state index contributed by atoms with van der Waals surface area (Å²) in [6.45, 7) is 8.90. The molecule has 0 saturated carbocycles. The first-order chi connectivity index (χ1) is 14.4. The Morgan fingerprint density at radius 3 is 2.37 bits per heavy atom. The van der Waals surface area contributed by atoms with E-state index in [4.69, 9.17) is 12.2 Å². The number of hydrogen-bond acceptors (Lipinski definition) is 4. The highest BCUT2D eigenvalue weighted by atomic mass is 32.1. The molecule has 2 aromatic carbocycles. The van der Waals surface area contributed by atoms with Crippen LogP contribution in [-0.2, 0) is 18.5 Å². The molecule has 0 unspecified atom stereocenters. The number of nitrogens with zero attached hydrogens (tertiary/aromatic N) is 4. The third-order valence-electron chi connectivity index (χ3n) is 6.10. The highest BCUT2D eigenvalue weighted by Crippen LogP contribution is 2.19. The maximum Gasteiger partial charge on any atom is 0.238 e. The zero-order valence-corrected chi connectivity index (χ0v) is 18.7. The molecule has 1 aromatic heterocycles. The van der Waals surface area contributed by atoms with Gasteiger partial charge in [0, 0.05) is 38.9 Å². The summed E-state index contributed by atoms with van der Waals surface area (Å²) in [5.74, 6) is 0.0495. The van der Waals surface area contributed by atoms with Crippen molar-refractivity contribution in [3.8, 4) is 0 Å². The van der Waals surface area contributed by atoms with Gasteiger partial charge in [0.2, 0.25) is 5.91 Å². The Balaban J connectivity index is 1.33. The number of benzene rings is 2. The van der Waals surface area contributed by atoms with E-state index in [2.05, 4.69) is 55.4 Å². The Labute approximate surface area is 182 Å². The second kappa shape index (κ2) is 8.71. The minimum atomic E-state index is 0.0495. The van der Waals surface area contributed by atoms with Crippen LogP contribution in [0.25, 0.3) is 11.0 Å². The number of carbonyl (C=O) groups is 1. The van der Waals surface area contributed by atoms with Gasteiger partial charge >= 0.3 is 0 Å². The van der Waals surface area contributed by atoms with Gasteiger partial charge in [-0.1, -0.05) is 24.3 Å². The van der Waals surface area contributed by atoms with Gasteiger partial charge in [0.05, 0.1) is 24.2 Å². The predicted molar refractivity (Wildman–Crippen MR) is 124 cm³/mol. The highest BCUT2D eigenvalue weighted by Gasteiger charge is 2.20. The first-order valence-corrected chi connectivity index (χ1v) is 10.8. The number of piperazine rings is 1. The van der Waals surface area contributed by atoms with E-state index >= 15 is 0 Å². The second-order valence-corrected chi connectivity index (χ2v) is 8.45. The first kappa shape index (κ1) is 20.8. The number of hydrogen-bond donors (Lipinski definition) is 1. The zero-order chi connectivity index (χ0) is 21.3. The van der Waals surface area contributed by atoms with E-state index in [1.54, 1.807) is 0 Å². The second-order valence-electron chi connectivity index (χ2n) is 8.09. The Bertz CT molecular complexity index is 1120. The SMILES string of the molecule is Cc1cccc(NC(=O)CN2CCN(Cn3c(=S)n(C)c4ccccc43)CC2)c1C. The Morgan fingerprint density at radius 2 is 1.63 bits per heavy atom. The monoisotopic (exact) mass is 423 g/mol. The van der Waals surface area contributed by atoms with E-state index in [0.29, 0.717) is 6.54 Å². The van der Waals surface area contributed by atoms with E-state index in [-0.39, 0.29) is 5.91 Å². The summed E-state index contributed by atoms with van der Waals surface area (Å²) in [6.07, 6.45) is 0. The summed E-state index contributed by atoms with van der Waals surface area (Å²) < 4.78 is 5.11. The Kier molecular flexibility index (Phi) is 6.04. The molecule has 6 nitrogen and oxygen atoms in total. The fourth-order valence-corrected chi connectivity index (χ4v) is 4.32. The van der Waals surface area contributed by atoms with Crippen molar-refractivity contribution in [1.29, 1.82) is 0 Å². The van der Waals surface area contributed by atoms with E-state index in [9.17, 15) is 4.79 Å². The van der Waals surface area contributed by atoms with Crippen LogP contribution in [0.1, 0.15) is 11.1 Å². The Hall–Kier alpha value is -2.48. The van der Waals surface area contributed by atoms with Crippen LogP contribution >= 0.6 is 12.2 Å². The summed E-state index contributed by atoms with van der Waals surface area (Å²) in [5, 5.41) is 3.06. The van der Waals surface area contributed by atoms with Crippen molar-refractivity contribution in [3.05, 3.63) is 58.4 Å². The van der Waals surface area contributed by atoms with Gasteiger partial charge in [0.1, 0.15) is 0 Å². The maximum absolute atomic E-state index is 12.5. The molecule has 7 heteroatoms. The molecule has 1 fully saturated rings. The molecule has 0 bridgehead atoms. The third kappa shape index (κ3) is 4.19. The lowest BCUT2D eigenvalue weighted by Gasteiger charge is -2.34. The van der Waals surface area contributed by atoms with Crippen molar-refractivity contribution in [2.24, 2.45) is 7.05 Å². The van der Waals surface area contributed by atoms with Crippen LogP contribution in [0.5, 0.6) is 0 Å². The lowest BCUT2D eigenvalue weighted by molar-refractivity contribution is -0.117. The number of aryl methyl sites for hydroxylation is 2. The summed E-state index contributed by atoms with van der Waals surface area (Å²) in [7, 11) is 2.02. The van der Waals surface area contributed by atoms with Crippen molar-refractivity contribution in [1.82, 2.24) is 18.9 Å². The lowest BCUT2D eigenvalue weighted by Crippen LogP contribution is -2.48. The van der Waals surface area contributed by atoms with Gasteiger partial charge < -0.3 is 14.5 Å². The summed E-state index contributed by atoms with van der Waals surface area (Å²) >= 11 is 5.66. The molecule has 0 atom stereocenters. The van der Waals surface area contributed by atoms with Gasteiger partial charge in [-0.05, 0) is 55.4 Å². The summed E-state index contributed by atoms with van der Waals surface area (Å²) in [4.78, 5) is 17.1. The number of amides is 1.